The molecule has 0 saturated carbocycles. The lowest BCUT2D eigenvalue weighted by atomic mass is 10.3. The number of hydrogen-bond donors (Lipinski definition) is 1. The standard InChI is InChI=1S/C9H10N2O5/c12-8(11-1-3-15-4-2-11)7-5-6(9(13)14)10-16-7/h5H,1-4H2,(H,13,14). The average Bonchev–Trinajstić information content (AvgIpc) is 2.78. The molecule has 7 nitrogen and oxygen atoms in total. The molecule has 0 aliphatic carbocycles. The highest BCUT2D eigenvalue weighted by molar-refractivity contribution is 5.94. The predicted molar refractivity (Wildman–Crippen MR) is 50.2 cm³/mol. The Hall–Kier alpha value is -1.89. The van der Waals surface area contributed by atoms with Gasteiger partial charge in [0.1, 0.15) is 0 Å². The van der Waals surface area contributed by atoms with Crippen LogP contribution in [0.4, 0.5) is 0 Å². The number of aromatic nitrogens is 1. The Kier molecular flexibility index (Phi) is 2.86. The third-order valence-corrected chi connectivity index (χ3v) is 2.24. The lowest BCUT2D eigenvalue weighted by Crippen LogP contribution is -2.40. The molecule has 86 valence electrons. The number of nitrogens with zero attached hydrogens (tertiary/aromatic N) is 2. The summed E-state index contributed by atoms with van der Waals surface area (Å²) in [5.41, 5.74) is -0.267. The van der Waals surface area contributed by atoms with Gasteiger partial charge in [0.2, 0.25) is 5.76 Å². The first-order valence-corrected chi connectivity index (χ1v) is 4.75. The van der Waals surface area contributed by atoms with Crippen LogP contribution in [0.3, 0.4) is 0 Å². The molecule has 1 amide bonds. The van der Waals surface area contributed by atoms with Crippen molar-refractivity contribution in [1.29, 1.82) is 0 Å². The van der Waals surface area contributed by atoms with E-state index in [4.69, 9.17) is 9.84 Å². The van der Waals surface area contributed by atoms with Crippen LogP contribution in [-0.4, -0.2) is 53.3 Å². The number of rotatable bonds is 2. The van der Waals surface area contributed by atoms with E-state index in [9.17, 15) is 9.59 Å². The first-order valence-electron chi connectivity index (χ1n) is 4.75. The summed E-state index contributed by atoms with van der Waals surface area (Å²) in [5.74, 6) is -1.63. The van der Waals surface area contributed by atoms with E-state index in [1.54, 1.807) is 0 Å². The summed E-state index contributed by atoms with van der Waals surface area (Å²) in [5, 5.41) is 11.9. The molecular formula is C9H10N2O5. The second kappa shape index (κ2) is 4.31. The predicted octanol–water partition coefficient (Wildman–Crippen LogP) is -0.155. The van der Waals surface area contributed by atoms with Gasteiger partial charge in [-0.15, -0.1) is 0 Å². The number of ether oxygens (including phenoxy) is 1. The first-order chi connectivity index (χ1) is 7.68. The number of aromatic carboxylic acids is 1. The number of carbonyl (C=O) groups excluding carboxylic acids is 1. The van der Waals surface area contributed by atoms with Crippen LogP contribution in [0, 0.1) is 0 Å². The molecule has 1 aliphatic heterocycles. The molecule has 0 spiro atoms. The Morgan fingerprint density at radius 2 is 2.06 bits per heavy atom. The van der Waals surface area contributed by atoms with E-state index in [2.05, 4.69) is 9.68 Å². The first kappa shape index (κ1) is 10.6. The Morgan fingerprint density at radius 1 is 1.38 bits per heavy atom. The van der Waals surface area contributed by atoms with E-state index in [0.29, 0.717) is 26.3 Å². The van der Waals surface area contributed by atoms with E-state index in [0.717, 1.165) is 6.07 Å². The molecule has 2 heterocycles. The van der Waals surface area contributed by atoms with Crippen molar-refractivity contribution in [1.82, 2.24) is 10.1 Å². The third-order valence-electron chi connectivity index (χ3n) is 2.24. The number of carboxylic acids is 1. The van der Waals surface area contributed by atoms with Crippen LogP contribution in [0.5, 0.6) is 0 Å². The molecule has 2 rings (SSSR count). The molecule has 0 aromatic carbocycles. The van der Waals surface area contributed by atoms with Gasteiger partial charge in [-0.05, 0) is 0 Å². The highest BCUT2D eigenvalue weighted by Gasteiger charge is 2.23. The minimum absolute atomic E-state index is 0.0562. The van der Waals surface area contributed by atoms with Crippen LogP contribution in [-0.2, 0) is 4.74 Å². The zero-order valence-electron chi connectivity index (χ0n) is 8.38. The van der Waals surface area contributed by atoms with Crippen LogP contribution < -0.4 is 0 Å². The highest BCUT2D eigenvalue weighted by Crippen LogP contribution is 2.09. The van der Waals surface area contributed by atoms with E-state index < -0.39 is 5.97 Å². The van der Waals surface area contributed by atoms with Crippen LogP contribution in [0.25, 0.3) is 0 Å². The molecule has 0 radical (unpaired) electrons. The van der Waals surface area contributed by atoms with E-state index >= 15 is 0 Å². The van der Waals surface area contributed by atoms with Gasteiger partial charge in [0.25, 0.3) is 5.91 Å². The number of amides is 1. The van der Waals surface area contributed by atoms with E-state index in [1.165, 1.54) is 4.90 Å². The Labute approximate surface area is 90.6 Å². The highest BCUT2D eigenvalue weighted by atomic mass is 16.5. The van der Waals surface area contributed by atoms with Crippen molar-refractivity contribution < 1.29 is 24.0 Å². The van der Waals surface area contributed by atoms with Gasteiger partial charge >= 0.3 is 5.97 Å². The van der Waals surface area contributed by atoms with Gasteiger partial charge in [-0.3, -0.25) is 4.79 Å². The lowest BCUT2D eigenvalue weighted by Gasteiger charge is -2.25. The minimum Gasteiger partial charge on any atom is -0.476 e. The molecule has 1 aromatic heterocycles. The van der Waals surface area contributed by atoms with Crippen molar-refractivity contribution in [2.45, 2.75) is 0 Å². The van der Waals surface area contributed by atoms with Crippen molar-refractivity contribution in [3.05, 3.63) is 17.5 Å². The maximum atomic E-state index is 11.8. The van der Waals surface area contributed by atoms with Crippen molar-refractivity contribution in [3.63, 3.8) is 0 Å². The molecule has 1 fully saturated rings. The van der Waals surface area contributed by atoms with Gasteiger partial charge in [-0.25, -0.2) is 4.79 Å². The van der Waals surface area contributed by atoms with Gasteiger partial charge in [0, 0.05) is 19.2 Å². The van der Waals surface area contributed by atoms with Crippen molar-refractivity contribution in [2.75, 3.05) is 26.3 Å². The summed E-state index contributed by atoms with van der Waals surface area (Å²) in [6.07, 6.45) is 0. The second-order valence-corrected chi connectivity index (χ2v) is 3.29. The van der Waals surface area contributed by atoms with Gasteiger partial charge in [0.15, 0.2) is 5.69 Å². The fourth-order valence-electron chi connectivity index (χ4n) is 1.40. The number of morpholine rings is 1. The SMILES string of the molecule is O=C(O)c1cc(C(=O)N2CCOCC2)on1. The summed E-state index contributed by atoms with van der Waals surface area (Å²) in [6.45, 7) is 1.90. The van der Waals surface area contributed by atoms with Crippen LogP contribution >= 0.6 is 0 Å². The fourth-order valence-corrected chi connectivity index (χ4v) is 1.40. The third kappa shape index (κ3) is 2.03. The molecule has 0 bridgehead atoms. The Bertz CT molecular complexity index is 408. The lowest BCUT2D eigenvalue weighted by molar-refractivity contribution is 0.0277. The average molecular weight is 226 g/mol. The van der Waals surface area contributed by atoms with E-state index in [-0.39, 0.29) is 17.4 Å². The summed E-state index contributed by atoms with van der Waals surface area (Å²) in [4.78, 5) is 23.9. The molecule has 7 heteroatoms. The molecule has 1 saturated heterocycles. The topological polar surface area (TPSA) is 92.9 Å². The zero-order chi connectivity index (χ0) is 11.5. The van der Waals surface area contributed by atoms with Crippen LogP contribution in [0.2, 0.25) is 0 Å². The Balaban J connectivity index is 2.10. The zero-order valence-corrected chi connectivity index (χ0v) is 8.38. The number of carboxylic acid groups (broad SMARTS) is 1. The molecule has 1 aromatic rings. The van der Waals surface area contributed by atoms with Crippen LogP contribution in [0.1, 0.15) is 21.0 Å². The van der Waals surface area contributed by atoms with Crippen LogP contribution in [0.15, 0.2) is 10.6 Å². The van der Waals surface area contributed by atoms with Gasteiger partial charge in [-0.1, -0.05) is 5.16 Å². The van der Waals surface area contributed by atoms with Crippen molar-refractivity contribution >= 4 is 11.9 Å². The molecule has 0 atom stereocenters. The maximum Gasteiger partial charge on any atom is 0.358 e. The largest absolute Gasteiger partial charge is 0.476 e. The Morgan fingerprint density at radius 3 is 2.62 bits per heavy atom. The normalized spacial score (nSPS) is 16.1. The smallest absolute Gasteiger partial charge is 0.358 e. The maximum absolute atomic E-state index is 11.8. The summed E-state index contributed by atoms with van der Waals surface area (Å²) in [6, 6.07) is 1.13. The monoisotopic (exact) mass is 226 g/mol. The van der Waals surface area contributed by atoms with Gasteiger partial charge < -0.3 is 19.3 Å². The summed E-state index contributed by atoms with van der Waals surface area (Å²) in [7, 11) is 0. The molecular weight excluding hydrogens is 216 g/mol. The number of carbonyl (C=O) groups is 2. The number of hydrogen-bond acceptors (Lipinski definition) is 5. The van der Waals surface area contributed by atoms with Gasteiger partial charge in [-0.2, -0.15) is 0 Å². The van der Waals surface area contributed by atoms with Gasteiger partial charge in [0.05, 0.1) is 13.2 Å². The molecule has 16 heavy (non-hydrogen) atoms. The molecule has 1 N–H and O–H groups in total. The van der Waals surface area contributed by atoms with Crippen molar-refractivity contribution in [2.24, 2.45) is 0 Å². The molecule has 1 aliphatic rings. The summed E-state index contributed by atoms with van der Waals surface area (Å²) < 4.78 is 9.77. The fraction of sp³-hybridized carbons (Fsp3) is 0.444. The summed E-state index contributed by atoms with van der Waals surface area (Å²) >= 11 is 0. The quantitative estimate of drug-likeness (QED) is 0.753. The van der Waals surface area contributed by atoms with E-state index in [1.807, 2.05) is 0 Å². The second-order valence-electron chi connectivity index (χ2n) is 3.29. The minimum atomic E-state index is -1.22. The van der Waals surface area contributed by atoms with Crippen molar-refractivity contribution in [3.8, 4) is 0 Å². The molecule has 0 unspecified atom stereocenters.